The quantitative estimate of drug-likeness (QED) is 0.752. The topological polar surface area (TPSA) is 27.7 Å². The van der Waals surface area contributed by atoms with Gasteiger partial charge >= 0.3 is 7.12 Å². The molecule has 25 heavy (non-hydrogen) atoms. The van der Waals surface area contributed by atoms with Crippen LogP contribution in [0.2, 0.25) is 5.02 Å². The fraction of sp³-hybridized carbons (Fsp3) is 0.400. The molecule has 132 valence electrons. The van der Waals surface area contributed by atoms with Crippen LogP contribution in [0.5, 0.6) is 5.75 Å². The van der Waals surface area contributed by atoms with E-state index in [1.54, 1.807) is 0 Å². The number of hydrogen-bond acceptors (Lipinski definition) is 3. The average molecular weight is 359 g/mol. The van der Waals surface area contributed by atoms with E-state index in [4.69, 9.17) is 25.6 Å². The normalized spacial score (nSPS) is 18.4. The number of ether oxygens (including phenoxy) is 1. The molecule has 1 fully saturated rings. The highest BCUT2D eigenvalue weighted by molar-refractivity contribution is 6.62. The van der Waals surface area contributed by atoms with Crippen molar-refractivity contribution in [3.05, 3.63) is 58.6 Å². The van der Waals surface area contributed by atoms with Crippen LogP contribution in [0.3, 0.4) is 0 Å². The van der Waals surface area contributed by atoms with Gasteiger partial charge in [-0.2, -0.15) is 0 Å². The second-order valence-electron chi connectivity index (χ2n) is 7.53. The molecule has 0 aliphatic carbocycles. The van der Waals surface area contributed by atoms with Crippen LogP contribution in [-0.4, -0.2) is 18.3 Å². The summed E-state index contributed by atoms with van der Waals surface area (Å²) in [7, 11) is -0.334. The molecule has 0 radical (unpaired) electrons. The van der Waals surface area contributed by atoms with Gasteiger partial charge in [0.2, 0.25) is 0 Å². The third kappa shape index (κ3) is 3.86. The first-order chi connectivity index (χ1) is 11.7. The van der Waals surface area contributed by atoms with Crippen molar-refractivity contribution in [3.8, 4) is 5.75 Å². The first-order valence-electron chi connectivity index (χ1n) is 8.51. The maximum atomic E-state index is 6.08. The van der Waals surface area contributed by atoms with Gasteiger partial charge in [0, 0.05) is 5.02 Å². The maximum absolute atomic E-state index is 6.08. The minimum Gasteiger partial charge on any atom is -0.489 e. The predicted molar refractivity (Wildman–Crippen MR) is 103 cm³/mol. The van der Waals surface area contributed by atoms with Crippen LogP contribution in [0.1, 0.15) is 38.8 Å². The Morgan fingerprint density at radius 2 is 1.56 bits per heavy atom. The molecular weight excluding hydrogens is 334 g/mol. The Morgan fingerprint density at radius 3 is 2.12 bits per heavy atom. The Bertz CT molecular complexity index is 740. The van der Waals surface area contributed by atoms with Crippen molar-refractivity contribution in [1.29, 1.82) is 0 Å². The molecule has 5 heteroatoms. The lowest BCUT2D eigenvalue weighted by Crippen LogP contribution is -2.41. The molecule has 1 saturated heterocycles. The van der Waals surface area contributed by atoms with E-state index in [-0.39, 0.29) is 18.3 Å². The molecule has 0 unspecified atom stereocenters. The molecule has 1 heterocycles. The zero-order valence-corrected chi connectivity index (χ0v) is 16.2. The minimum atomic E-state index is -0.334. The number of aryl methyl sites for hydroxylation is 1. The Kier molecular flexibility index (Phi) is 4.89. The summed E-state index contributed by atoms with van der Waals surface area (Å²) in [5, 5.41) is 0.749. The SMILES string of the molecule is Cc1cc(OCc2ccc(B3OC(C)(C)C(C)(C)O3)cc2)ccc1Cl. The molecule has 0 N–H and O–H groups in total. The van der Waals surface area contributed by atoms with Crippen LogP contribution in [-0.2, 0) is 15.9 Å². The van der Waals surface area contributed by atoms with Crippen LogP contribution in [0.15, 0.2) is 42.5 Å². The molecule has 3 rings (SSSR count). The summed E-state index contributed by atoms with van der Waals surface area (Å²) >= 11 is 6.04. The third-order valence-electron chi connectivity index (χ3n) is 5.04. The lowest BCUT2D eigenvalue weighted by atomic mass is 9.79. The fourth-order valence-corrected chi connectivity index (χ4v) is 2.74. The molecular formula is C20H24BClO3. The van der Waals surface area contributed by atoms with Crippen molar-refractivity contribution in [2.24, 2.45) is 0 Å². The maximum Gasteiger partial charge on any atom is 0.494 e. The lowest BCUT2D eigenvalue weighted by molar-refractivity contribution is 0.00578. The van der Waals surface area contributed by atoms with Crippen molar-refractivity contribution in [1.82, 2.24) is 0 Å². The van der Waals surface area contributed by atoms with Crippen molar-refractivity contribution in [3.63, 3.8) is 0 Å². The van der Waals surface area contributed by atoms with Crippen LogP contribution < -0.4 is 10.2 Å². The smallest absolute Gasteiger partial charge is 0.489 e. The molecule has 1 aliphatic rings. The summed E-state index contributed by atoms with van der Waals surface area (Å²) in [5.74, 6) is 0.817. The van der Waals surface area contributed by atoms with Crippen molar-refractivity contribution in [2.45, 2.75) is 52.4 Å². The van der Waals surface area contributed by atoms with Gasteiger partial charge in [-0.05, 0) is 69.4 Å². The van der Waals surface area contributed by atoms with Crippen LogP contribution in [0.4, 0.5) is 0 Å². The Hall–Kier alpha value is -1.49. The molecule has 2 aromatic carbocycles. The summed E-state index contributed by atoms with van der Waals surface area (Å²) in [6, 6.07) is 13.8. The van der Waals surface area contributed by atoms with E-state index >= 15 is 0 Å². The molecule has 0 aromatic heterocycles. The van der Waals surface area contributed by atoms with E-state index in [0.717, 1.165) is 27.4 Å². The third-order valence-corrected chi connectivity index (χ3v) is 5.46. The summed E-state index contributed by atoms with van der Waals surface area (Å²) in [6.45, 7) is 10.7. The van der Waals surface area contributed by atoms with E-state index < -0.39 is 0 Å². The number of halogens is 1. The largest absolute Gasteiger partial charge is 0.494 e. The second kappa shape index (κ2) is 6.67. The van der Waals surface area contributed by atoms with Gasteiger partial charge < -0.3 is 14.0 Å². The molecule has 0 amide bonds. The van der Waals surface area contributed by atoms with Crippen LogP contribution in [0, 0.1) is 6.92 Å². The van der Waals surface area contributed by atoms with Gasteiger partial charge in [-0.25, -0.2) is 0 Å². The lowest BCUT2D eigenvalue weighted by Gasteiger charge is -2.32. The zero-order valence-electron chi connectivity index (χ0n) is 15.4. The van der Waals surface area contributed by atoms with E-state index in [1.807, 2.05) is 49.4 Å². The predicted octanol–water partition coefficient (Wildman–Crippen LogP) is 4.53. The Morgan fingerprint density at radius 1 is 0.960 bits per heavy atom. The van der Waals surface area contributed by atoms with Gasteiger partial charge in [0.25, 0.3) is 0 Å². The zero-order chi connectivity index (χ0) is 18.2. The van der Waals surface area contributed by atoms with Crippen molar-refractivity contribution >= 4 is 24.2 Å². The second-order valence-corrected chi connectivity index (χ2v) is 7.94. The summed E-state index contributed by atoms with van der Waals surface area (Å²) in [6.07, 6.45) is 0. The average Bonchev–Trinajstić information content (AvgIpc) is 2.77. The highest BCUT2D eigenvalue weighted by Gasteiger charge is 2.51. The van der Waals surface area contributed by atoms with Crippen molar-refractivity contribution in [2.75, 3.05) is 0 Å². The summed E-state index contributed by atoms with van der Waals surface area (Å²) in [5.41, 5.74) is 2.46. The summed E-state index contributed by atoms with van der Waals surface area (Å²) in [4.78, 5) is 0. The monoisotopic (exact) mass is 358 g/mol. The summed E-state index contributed by atoms with van der Waals surface area (Å²) < 4.78 is 18.0. The van der Waals surface area contributed by atoms with Crippen LogP contribution in [0.25, 0.3) is 0 Å². The van der Waals surface area contributed by atoms with Gasteiger partial charge in [0.15, 0.2) is 0 Å². The molecule has 3 nitrogen and oxygen atoms in total. The van der Waals surface area contributed by atoms with Gasteiger partial charge in [-0.15, -0.1) is 0 Å². The molecule has 1 aliphatic heterocycles. The van der Waals surface area contributed by atoms with E-state index in [0.29, 0.717) is 6.61 Å². The molecule has 2 aromatic rings. The molecule has 0 saturated carbocycles. The van der Waals surface area contributed by atoms with Crippen molar-refractivity contribution < 1.29 is 14.0 Å². The first kappa shape index (κ1) is 18.3. The van der Waals surface area contributed by atoms with E-state index in [1.165, 1.54) is 0 Å². The molecule has 0 atom stereocenters. The molecule has 0 spiro atoms. The highest BCUT2D eigenvalue weighted by Crippen LogP contribution is 2.36. The van der Waals surface area contributed by atoms with Gasteiger partial charge in [0.1, 0.15) is 12.4 Å². The Labute approximate surface area is 155 Å². The minimum absolute atomic E-state index is 0.327. The van der Waals surface area contributed by atoms with Gasteiger partial charge in [-0.1, -0.05) is 35.9 Å². The first-order valence-corrected chi connectivity index (χ1v) is 8.89. The van der Waals surface area contributed by atoms with Gasteiger partial charge in [0.05, 0.1) is 11.2 Å². The number of hydrogen-bond donors (Lipinski definition) is 0. The van der Waals surface area contributed by atoms with Crippen LogP contribution >= 0.6 is 11.6 Å². The van der Waals surface area contributed by atoms with E-state index in [9.17, 15) is 0 Å². The number of rotatable bonds is 4. The Balaban J connectivity index is 1.64. The number of benzene rings is 2. The standard InChI is InChI=1S/C20H24BClO3/c1-14-12-17(10-11-18(14)22)23-13-15-6-8-16(9-7-15)21-24-19(2,3)20(4,5)25-21/h6-12H,13H2,1-5H3. The fourth-order valence-electron chi connectivity index (χ4n) is 2.62. The molecule has 0 bridgehead atoms. The van der Waals surface area contributed by atoms with Gasteiger partial charge in [-0.3, -0.25) is 0 Å². The highest BCUT2D eigenvalue weighted by atomic mass is 35.5. The van der Waals surface area contributed by atoms with E-state index in [2.05, 4.69) is 27.7 Å².